The number of amides is 1. The predicted octanol–water partition coefficient (Wildman–Crippen LogP) is 6.41. The third-order valence-electron chi connectivity index (χ3n) is 8.42. The summed E-state index contributed by atoms with van der Waals surface area (Å²) in [6.45, 7) is 3.82. The highest BCUT2D eigenvalue weighted by atomic mass is 35.5. The van der Waals surface area contributed by atoms with Gasteiger partial charge >= 0.3 is 0 Å². The molecule has 37 heavy (non-hydrogen) atoms. The number of carbonyl (C=O) groups is 1. The first-order valence-electron chi connectivity index (χ1n) is 13.5. The maximum absolute atomic E-state index is 14.8. The number of hydrogen-bond donors (Lipinski definition) is 2. The van der Waals surface area contributed by atoms with E-state index >= 15 is 0 Å². The van der Waals surface area contributed by atoms with Gasteiger partial charge in [-0.15, -0.1) is 0 Å². The summed E-state index contributed by atoms with van der Waals surface area (Å²) in [6.07, 6.45) is 7.04. The van der Waals surface area contributed by atoms with Crippen molar-refractivity contribution in [2.75, 3.05) is 38.0 Å². The number of benzene rings is 2. The highest BCUT2D eigenvalue weighted by molar-refractivity contribution is 6.32. The van der Waals surface area contributed by atoms with Gasteiger partial charge in [-0.1, -0.05) is 30.5 Å². The maximum atomic E-state index is 14.8. The number of rotatable bonds is 6. The van der Waals surface area contributed by atoms with Gasteiger partial charge in [0.15, 0.2) is 0 Å². The SMILES string of the molecule is O=C(c1cc2cc(Cl)cc(NC3CCCC3)c2[nH]1)N1CC(CN2CCCC2)[C@H](c2ccc(F)cc2F)C1. The number of nitrogens with one attached hydrogen (secondary N) is 2. The fourth-order valence-corrected chi connectivity index (χ4v) is 6.80. The molecule has 0 bridgehead atoms. The van der Waals surface area contributed by atoms with E-state index in [4.69, 9.17) is 11.6 Å². The van der Waals surface area contributed by atoms with Crippen molar-refractivity contribution in [1.82, 2.24) is 14.8 Å². The monoisotopic (exact) mass is 526 g/mol. The summed E-state index contributed by atoms with van der Waals surface area (Å²) >= 11 is 6.42. The predicted molar refractivity (Wildman–Crippen MR) is 143 cm³/mol. The molecule has 1 amide bonds. The number of fused-ring (bicyclic) bond motifs is 1. The molecule has 2 atom stereocenters. The van der Waals surface area contributed by atoms with E-state index in [2.05, 4.69) is 15.2 Å². The highest BCUT2D eigenvalue weighted by Gasteiger charge is 2.39. The molecule has 3 heterocycles. The van der Waals surface area contributed by atoms with Crippen molar-refractivity contribution in [1.29, 1.82) is 0 Å². The zero-order valence-electron chi connectivity index (χ0n) is 20.9. The number of likely N-dealkylation sites (tertiary alicyclic amines) is 2. The van der Waals surface area contributed by atoms with E-state index in [0.29, 0.717) is 35.4 Å². The molecule has 1 aliphatic carbocycles. The molecule has 2 aromatic carbocycles. The van der Waals surface area contributed by atoms with E-state index < -0.39 is 11.6 Å². The number of H-pyrrole nitrogens is 1. The van der Waals surface area contributed by atoms with Crippen LogP contribution in [0, 0.1) is 17.6 Å². The average Bonchev–Trinajstić information content (AvgIpc) is 3.67. The lowest BCUT2D eigenvalue weighted by atomic mass is 9.88. The van der Waals surface area contributed by atoms with Crippen molar-refractivity contribution in [2.45, 2.75) is 50.5 Å². The molecule has 2 aliphatic heterocycles. The summed E-state index contributed by atoms with van der Waals surface area (Å²) in [5.74, 6) is -1.31. The Morgan fingerprint density at radius 3 is 2.57 bits per heavy atom. The molecule has 3 aromatic rings. The third kappa shape index (κ3) is 5.08. The first-order chi connectivity index (χ1) is 17.9. The summed E-state index contributed by atoms with van der Waals surface area (Å²) in [5.41, 5.74) is 2.81. The average molecular weight is 527 g/mol. The summed E-state index contributed by atoms with van der Waals surface area (Å²) in [6, 6.07) is 9.89. The Balaban J connectivity index is 1.27. The Morgan fingerprint density at radius 1 is 1.03 bits per heavy atom. The number of hydrogen-bond acceptors (Lipinski definition) is 3. The number of anilines is 1. The van der Waals surface area contributed by atoms with Crippen LogP contribution in [0.25, 0.3) is 10.9 Å². The van der Waals surface area contributed by atoms with Crippen LogP contribution < -0.4 is 5.32 Å². The standard InChI is InChI=1S/C29H33ClF2N4O/c30-20-11-18-12-27(34-28(18)26(13-20)33-22-5-1-2-6-22)29(37)36-16-19(15-35-9-3-4-10-35)24(17-36)23-8-7-21(31)14-25(23)32/h7-8,11-14,19,22,24,33-34H,1-6,9-10,15-17H2/t19?,24-/m1/s1. The Kier molecular flexibility index (Phi) is 6.84. The molecule has 6 rings (SSSR count). The van der Waals surface area contributed by atoms with E-state index in [1.54, 1.807) is 6.07 Å². The number of carbonyl (C=O) groups excluding carboxylic acids is 1. The summed E-state index contributed by atoms with van der Waals surface area (Å²) in [7, 11) is 0. The van der Waals surface area contributed by atoms with Gasteiger partial charge in [0.1, 0.15) is 17.3 Å². The van der Waals surface area contributed by atoms with Gasteiger partial charge in [-0.05, 0) is 74.5 Å². The lowest BCUT2D eigenvalue weighted by Gasteiger charge is -2.24. The van der Waals surface area contributed by atoms with E-state index in [1.807, 2.05) is 23.1 Å². The van der Waals surface area contributed by atoms with Crippen LogP contribution in [-0.2, 0) is 0 Å². The van der Waals surface area contributed by atoms with Gasteiger partial charge < -0.3 is 20.1 Å². The second-order valence-electron chi connectivity index (χ2n) is 11.0. The highest BCUT2D eigenvalue weighted by Crippen LogP contribution is 2.37. The van der Waals surface area contributed by atoms with Gasteiger partial charge in [0, 0.05) is 48.1 Å². The second-order valence-corrected chi connectivity index (χ2v) is 11.4. The largest absolute Gasteiger partial charge is 0.381 e. The molecule has 2 N–H and O–H groups in total. The van der Waals surface area contributed by atoms with Crippen LogP contribution in [0.4, 0.5) is 14.5 Å². The first kappa shape index (κ1) is 24.7. The molecule has 3 aliphatic rings. The molecule has 1 saturated carbocycles. The van der Waals surface area contributed by atoms with Crippen LogP contribution in [0.15, 0.2) is 36.4 Å². The second kappa shape index (κ2) is 10.3. The van der Waals surface area contributed by atoms with E-state index in [0.717, 1.165) is 55.1 Å². The summed E-state index contributed by atoms with van der Waals surface area (Å²) < 4.78 is 28.5. The van der Waals surface area contributed by atoms with Gasteiger partial charge in [-0.3, -0.25) is 4.79 Å². The van der Waals surface area contributed by atoms with Crippen molar-refractivity contribution >= 4 is 34.1 Å². The van der Waals surface area contributed by atoms with Gasteiger partial charge in [-0.25, -0.2) is 8.78 Å². The van der Waals surface area contributed by atoms with Gasteiger partial charge in [0.2, 0.25) is 0 Å². The number of nitrogens with zero attached hydrogens (tertiary/aromatic N) is 2. The molecule has 1 aromatic heterocycles. The first-order valence-corrected chi connectivity index (χ1v) is 13.9. The summed E-state index contributed by atoms with van der Waals surface area (Å²) in [4.78, 5) is 21.3. The normalized spacial score (nSPS) is 22.9. The molecular formula is C29H33ClF2N4O. The maximum Gasteiger partial charge on any atom is 0.270 e. The van der Waals surface area contributed by atoms with E-state index in [-0.39, 0.29) is 17.7 Å². The van der Waals surface area contributed by atoms with Crippen LogP contribution in [0.1, 0.15) is 60.5 Å². The molecule has 8 heteroatoms. The molecule has 196 valence electrons. The van der Waals surface area contributed by atoms with Crippen molar-refractivity contribution in [2.24, 2.45) is 5.92 Å². The fourth-order valence-electron chi connectivity index (χ4n) is 6.57. The van der Waals surface area contributed by atoms with Crippen molar-refractivity contribution in [3.63, 3.8) is 0 Å². The van der Waals surface area contributed by atoms with Crippen LogP contribution in [-0.4, -0.2) is 59.5 Å². The van der Waals surface area contributed by atoms with Crippen molar-refractivity contribution < 1.29 is 13.6 Å². The molecule has 0 radical (unpaired) electrons. The molecule has 5 nitrogen and oxygen atoms in total. The third-order valence-corrected chi connectivity index (χ3v) is 8.64. The fraction of sp³-hybridized carbons (Fsp3) is 0.483. The van der Waals surface area contributed by atoms with Gasteiger partial charge in [0.25, 0.3) is 5.91 Å². The molecule has 1 unspecified atom stereocenters. The van der Waals surface area contributed by atoms with Crippen molar-refractivity contribution in [3.05, 3.63) is 64.3 Å². The van der Waals surface area contributed by atoms with Crippen LogP contribution in [0.2, 0.25) is 5.02 Å². The lowest BCUT2D eigenvalue weighted by Crippen LogP contribution is -2.32. The smallest absolute Gasteiger partial charge is 0.270 e. The molecule has 0 spiro atoms. The Labute approximate surface area is 221 Å². The zero-order chi connectivity index (χ0) is 25.5. The minimum atomic E-state index is -0.581. The Bertz CT molecular complexity index is 1300. The van der Waals surface area contributed by atoms with Gasteiger partial charge in [0.05, 0.1) is 11.2 Å². The van der Waals surface area contributed by atoms with Crippen LogP contribution >= 0.6 is 11.6 Å². The number of halogens is 3. The molecule has 3 fully saturated rings. The zero-order valence-corrected chi connectivity index (χ0v) is 21.7. The quantitative estimate of drug-likeness (QED) is 0.390. The molecule has 2 saturated heterocycles. The Hall–Kier alpha value is -2.64. The van der Waals surface area contributed by atoms with E-state index in [9.17, 15) is 13.6 Å². The summed E-state index contributed by atoms with van der Waals surface area (Å²) in [5, 5.41) is 5.14. The minimum absolute atomic E-state index is 0.0837. The Morgan fingerprint density at radius 2 is 1.81 bits per heavy atom. The lowest BCUT2D eigenvalue weighted by molar-refractivity contribution is 0.0778. The van der Waals surface area contributed by atoms with Crippen molar-refractivity contribution in [3.8, 4) is 0 Å². The number of aromatic amines is 1. The van der Waals surface area contributed by atoms with Crippen LogP contribution in [0.5, 0.6) is 0 Å². The topological polar surface area (TPSA) is 51.4 Å². The van der Waals surface area contributed by atoms with Crippen LogP contribution in [0.3, 0.4) is 0 Å². The molecular weight excluding hydrogens is 494 g/mol. The van der Waals surface area contributed by atoms with Gasteiger partial charge in [-0.2, -0.15) is 0 Å². The van der Waals surface area contributed by atoms with E-state index in [1.165, 1.54) is 31.7 Å². The minimum Gasteiger partial charge on any atom is -0.381 e. The number of aromatic nitrogens is 1.